The second-order valence-electron chi connectivity index (χ2n) is 5.00. The van der Waals surface area contributed by atoms with Gasteiger partial charge in [-0.25, -0.2) is 0 Å². The largest absolute Gasteiger partial charge is 0.326 e. The molecule has 5 nitrogen and oxygen atoms in total. The molecule has 3 aromatic rings. The molecule has 24 heavy (non-hydrogen) atoms. The molecule has 0 saturated heterocycles. The standard InChI is InChI=1S/C16H15ClN4OS2/c1-21-15(13-6-3-8-23-13)19-20-16(21)24-9-7-14(22)18-12-5-2-4-11(17)10-12/h2-6,8,10H,7,9H2,1H3,(H,18,22). The lowest BCUT2D eigenvalue weighted by atomic mass is 10.3. The molecule has 124 valence electrons. The molecule has 0 atom stereocenters. The van der Waals surface area contributed by atoms with Crippen LogP contribution in [0.2, 0.25) is 5.02 Å². The lowest BCUT2D eigenvalue weighted by Crippen LogP contribution is -2.12. The van der Waals surface area contributed by atoms with E-state index in [1.165, 1.54) is 11.8 Å². The molecule has 2 heterocycles. The van der Waals surface area contributed by atoms with Gasteiger partial charge in [-0.05, 0) is 29.6 Å². The summed E-state index contributed by atoms with van der Waals surface area (Å²) in [6.45, 7) is 0. The molecule has 3 rings (SSSR count). The molecule has 1 N–H and O–H groups in total. The third-order valence-corrected chi connectivity index (χ3v) is 5.37. The molecule has 0 spiro atoms. The van der Waals surface area contributed by atoms with E-state index in [2.05, 4.69) is 15.5 Å². The average molecular weight is 379 g/mol. The minimum absolute atomic E-state index is 0.0505. The van der Waals surface area contributed by atoms with Gasteiger partial charge in [0.05, 0.1) is 4.88 Å². The Labute approximate surface area is 153 Å². The average Bonchev–Trinajstić information content (AvgIpc) is 3.18. The van der Waals surface area contributed by atoms with Crippen LogP contribution in [0.15, 0.2) is 46.9 Å². The number of halogens is 1. The molecule has 1 aromatic carbocycles. The number of benzene rings is 1. The summed E-state index contributed by atoms with van der Waals surface area (Å²) in [4.78, 5) is 13.1. The van der Waals surface area contributed by atoms with Crippen LogP contribution in [0.4, 0.5) is 5.69 Å². The fourth-order valence-electron chi connectivity index (χ4n) is 2.09. The van der Waals surface area contributed by atoms with Crippen molar-refractivity contribution in [3.63, 3.8) is 0 Å². The zero-order chi connectivity index (χ0) is 16.9. The normalized spacial score (nSPS) is 10.8. The number of carbonyl (C=O) groups is 1. The maximum atomic E-state index is 12.0. The minimum Gasteiger partial charge on any atom is -0.326 e. The zero-order valence-corrected chi connectivity index (χ0v) is 15.3. The first-order valence-corrected chi connectivity index (χ1v) is 9.49. The zero-order valence-electron chi connectivity index (χ0n) is 12.9. The van der Waals surface area contributed by atoms with E-state index in [9.17, 15) is 4.79 Å². The number of amides is 1. The van der Waals surface area contributed by atoms with E-state index in [-0.39, 0.29) is 5.91 Å². The lowest BCUT2D eigenvalue weighted by molar-refractivity contribution is -0.115. The van der Waals surface area contributed by atoms with Gasteiger partial charge < -0.3 is 9.88 Å². The van der Waals surface area contributed by atoms with Crippen LogP contribution in [0.5, 0.6) is 0 Å². The number of nitrogens with one attached hydrogen (secondary N) is 1. The molecule has 2 aromatic heterocycles. The summed E-state index contributed by atoms with van der Waals surface area (Å²) < 4.78 is 1.95. The van der Waals surface area contributed by atoms with Crippen molar-refractivity contribution >= 4 is 46.3 Å². The smallest absolute Gasteiger partial charge is 0.225 e. The monoisotopic (exact) mass is 378 g/mol. The SMILES string of the molecule is Cn1c(SCCC(=O)Nc2cccc(Cl)c2)nnc1-c1cccs1. The lowest BCUT2D eigenvalue weighted by Gasteiger charge is -2.05. The number of nitrogens with zero attached hydrogens (tertiary/aromatic N) is 3. The Morgan fingerprint density at radius 2 is 2.21 bits per heavy atom. The summed E-state index contributed by atoms with van der Waals surface area (Å²) in [7, 11) is 1.93. The van der Waals surface area contributed by atoms with Crippen molar-refractivity contribution in [3.8, 4) is 10.7 Å². The van der Waals surface area contributed by atoms with Gasteiger partial charge in [0.15, 0.2) is 11.0 Å². The summed E-state index contributed by atoms with van der Waals surface area (Å²) in [5, 5.41) is 14.7. The fourth-order valence-corrected chi connectivity index (χ4v) is 3.87. The highest BCUT2D eigenvalue weighted by Gasteiger charge is 2.12. The van der Waals surface area contributed by atoms with E-state index < -0.39 is 0 Å². The van der Waals surface area contributed by atoms with Gasteiger partial charge in [-0.15, -0.1) is 21.5 Å². The van der Waals surface area contributed by atoms with Gasteiger partial charge in [0.25, 0.3) is 0 Å². The number of hydrogen-bond acceptors (Lipinski definition) is 5. The van der Waals surface area contributed by atoms with Crippen LogP contribution >= 0.6 is 34.7 Å². The number of thioether (sulfide) groups is 1. The molecule has 0 saturated carbocycles. The van der Waals surface area contributed by atoms with Crippen molar-refractivity contribution < 1.29 is 4.79 Å². The number of thiophene rings is 1. The van der Waals surface area contributed by atoms with Gasteiger partial charge in [-0.3, -0.25) is 4.79 Å². The van der Waals surface area contributed by atoms with Crippen molar-refractivity contribution in [1.82, 2.24) is 14.8 Å². The quantitative estimate of drug-likeness (QED) is 0.649. The van der Waals surface area contributed by atoms with E-state index in [1.54, 1.807) is 29.5 Å². The Hall–Kier alpha value is -1.83. The van der Waals surface area contributed by atoms with Crippen LogP contribution in [-0.4, -0.2) is 26.4 Å². The van der Waals surface area contributed by atoms with Crippen LogP contribution in [0.1, 0.15) is 6.42 Å². The molecule has 0 aliphatic carbocycles. The van der Waals surface area contributed by atoms with Gasteiger partial charge in [0.1, 0.15) is 0 Å². The summed E-state index contributed by atoms with van der Waals surface area (Å²) >= 11 is 9.04. The Kier molecular flexibility index (Phi) is 5.55. The fraction of sp³-hybridized carbons (Fsp3) is 0.188. The van der Waals surface area contributed by atoms with Crippen molar-refractivity contribution in [1.29, 1.82) is 0 Å². The summed E-state index contributed by atoms with van der Waals surface area (Å²) in [6, 6.07) is 11.1. The Balaban J connectivity index is 1.52. The second kappa shape index (κ2) is 7.83. The number of carbonyl (C=O) groups excluding carboxylic acids is 1. The Bertz CT molecular complexity index is 832. The van der Waals surface area contributed by atoms with Gasteiger partial charge in [0.2, 0.25) is 5.91 Å². The summed E-state index contributed by atoms with van der Waals surface area (Å²) in [5.74, 6) is 1.42. The van der Waals surface area contributed by atoms with Gasteiger partial charge >= 0.3 is 0 Å². The van der Waals surface area contributed by atoms with Crippen LogP contribution in [0.25, 0.3) is 10.7 Å². The molecular formula is C16H15ClN4OS2. The predicted octanol–water partition coefficient (Wildman–Crippen LogP) is 4.32. The molecule has 0 fully saturated rings. The van der Waals surface area contributed by atoms with Gasteiger partial charge in [-0.2, -0.15) is 0 Å². The van der Waals surface area contributed by atoms with E-state index >= 15 is 0 Å². The molecule has 8 heteroatoms. The minimum atomic E-state index is -0.0505. The van der Waals surface area contributed by atoms with E-state index in [0.717, 1.165) is 15.9 Å². The first-order chi connectivity index (χ1) is 11.6. The highest BCUT2D eigenvalue weighted by molar-refractivity contribution is 7.99. The second-order valence-corrected chi connectivity index (χ2v) is 7.45. The summed E-state index contributed by atoms with van der Waals surface area (Å²) in [5.41, 5.74) is 0.705. The van der Waals surface area contributed by atoms with Crippen molar-refractivity contribution in [3.05, 3.63) is 46.8 Å². The van der Waals surface area contributed by atoms with Crippen LogP contribution in [-0.2, 0) is 11.8 Å². The Morgan fingerprint density at radius 3 is 2.96 bits per heavy atom. The topological polar surface area (TPSA) is 59.8 Å². The first-order valence-electron chi connectivity index (χ1n) is 7.25. The Morgan fingerprint density at radius 1 is 1.33 bits per heavy atom. The van der Waals surface area contributed by atoms with Crippen molar-refractivity contribution in [2.45, 2.75) is 11.6 Å². The molecule has 0 bridgehead atoms. The summed E-state index contributed by atoms with van der Waals surface area (Å²) in [6.07, 6.45) is 0.387. The molecular weight excluding hydrogens is 364 g/mol. The highest BCUT2D eigenvalue weighted by Crippen LogP contribution is 2.26. The highest BCUT2D eigenvalue weighted by atomic mass is 35.5. The molecule has 0 aliphatic heterocycles. The van der Waals surface area contributed by atoms with Gasteiger partial charge in [0, 0.05) is 29.9 Å². The van der Waals surface area contributed by atoms with Crippen LogP contribution in [0, 0.1) is 0 Å². The third-order valence-electron chi connectivity index (χ3n) is 3.25. The molecule has 0 aliphatic rings. The van der Waals surface area contributed by atoms with Crippen molar-refractivity contribution in [2.24, 2.45) is 7.05 Å². The maximum Gasteiger partial charge on any atom is 0.225 e. The van der Waals surface area contributed by atoms with Crippen LogP contribution < -0.4 is 5.32 Å². The van der Waals surface area contributed by atoms with Crippen LogP contribution in [0.3, 0.4) is 0 Å². The van der Waals surface area contributed by atoms with E-state index in [4.69, 9.17) is 11.6 Å². The predicted molar refractivity (Wildman–Crippen MR) is 99.7 cm³/mol. The number of aromatic nitrogens is 3. The maximum absolute atomic E-state index is 12.0. The molecule has 0 radical (unpaired) electrons. The number of anilines is 1. The van der Waals surface area contributed by atoms with Crippen molar-refractivity contribution in [2.75, 3.05) is 11.1 Å². The number of rotatable bonds is 6. The first kappa shape index (κ1) is 17.0. The van der Waals surface area contributed by atoms with Gasteiger partial charge in [-0.1, -0.05) is 35.5 Å². The molecule has 0 unspecified atom stereocenters. The van der Waals surface area contributed by atoms with E-state index in [1.807, 2.05) is 35.2 Å². The van der Waals surface area contributed by atoms with E-state index in [0.29, 0.717) is 22.9 Å². The molecule has 1 amide bonds. The number of hydrogen-bond donors (Lipinski definition) is 1. The third kappa shape index (κ3) is 4.17.